The van der Waals surface area contributed by atoms with Gasteiger partial charge in [0.05, 0.1) is 0 Å². The minimum atomic E-state index is -1.23. The molecule has 1 N–H and O–H groups in total. The first kappa shape index (κ1) is 20.2. The summed E-state index contributed by atoms with van der Waals surface area (Å²) in [7, 11) is 0. The molecule has 1 aliphatic carbocycles. The van der Waals surface area contributed by atoms with Crippen LogP contribution in [0.2, 0.25) is 0 Å². The Kier molecular flexibility index (Phi) is 7.42. The molecule has 0 saturated heterocycles. The van der Waals surface area contributed by atoms with Gasteiger partial charge in [-0.2, -0.15) is 0 Å². The van der Waals surface area contributed by atoms with Crippen LogP contribution in [-0.4, -0.2) is 16.9 Å². The molecule has 0 amide bonds. The summed E-state index contributed by atoms with van der Waals surface area (Å²) < 4.78 is 39.9. The molecule has 2 unspecified atom stereocenters. The average molecular weight is 368 g/mol. The SMILES string of the molecule is O=C(O)CCCCCCC1C(=O)CCC1/C=C/c1cc(F)c(F)cc1F. The van der Waals surface area contributed by atoms with Crippen LogP contribution >= 0.6 is 0 Å². The van der Waals surface area contributed by atoms with E-state index in [1.165, 1.54) is 6.08 Å². The van der Waals surface area contributed by atoms with Crippen molar-refractivity contribution in [2.24, 2.45) is 11.8 Å². The van der Waals surface area contributed by atoms with Crippen LogP contribution in [0, 0.1) is 29.3 Å². The van der Waals surface area contributed by atoms with Gasteiger partial charge in [-0.3, -0.25) is 9.59 Å². The van der Waals surface area contributed by atoms with Gasteiger partial charge in [-0.25, -0.2) is 13.2 Å². The molecule has 142 valence electrons. The summed E-state index contributed by atoms with van der Waals surface area (Å²) in [5, 5.41) is 8.59. The van der Waals surface area contributed by atoms with Gasteiger partial charge in [0.15, 0.2) is 11.6 Å². The van der Waals surface area contributed by atoms with Gasteiger partial charge < -0.3 is 5.11 Å². The molecule has 0 bridgehead atoms. The lowest BCUT2D eigenvalue weighted by molar-refractivity contribution is -0.137. The third-order valence-corrected chi connectivity index (χ3v) is 4.87. The van der Waals surface area contributed by atoms with E-state index in [1.54, 1.807) is 6.08 Å². The lowest BCUT2D eigenvalue weighted by atomic mass is 9.89. The second-order valence-corrected chi connectivity index (χ2v) is 6.77. The Morgan fingerprint density at radius 3 is 2.50 bits per heavy atom. The summed E-state index contributed by atoms with van der Waals surface area (Å²) in [5.74, 6) is -3.96. The monoisotopic (exact) mass is 368 g/mol. The number of ketones is 1. The topological polar surface area (TPSA) is 54.4 Å². The molecule has 1 fully saturated rings. The Balaban J connectivity index is 1.88. The maximum atomic E-state index is 13.7. The molecular weight excluding hydrogens is 345 g/mol. The summed E-state index contributed by atoms with van der Waals surface area (Å²) in [6.45, 7) is 0. The first-order chi connectivity index (χ1) is 12.4. The summed E-state index contributed by atoms with van der Waals surface area (Å²) in [6.07, 6.45) is 8.29. The van der Waals surface area contributed by atoms with Crippen molar-refractivity contribution in [2.75, 3.05) is 0 Å². The van der Waals surface area contributed by atoms with Crippen molar-refractivity contribution in [2.45, 2.75) is 51.4 Å². The third kappa shape index (κ3) is 5.71. The van der Waals surface area contributed by atoms with Gasteiger partial charge >= 0.3 is 5.97 Å². The number of Topliss-reactive ketones (excluding diaryl/α,β-unsaturated/α-hetero) is 1. The number of allylic oxidation sites excluding steroid dienone is 1. The van der Waals surface area contributed by atoms with Crippen molar-refractivity contribution in [3.63, 3.8) is 0 Å². The fraction of sp³-hybridized carbons (Fsp3) is 0.500. The van der Waals surface area contributed by atoms with Crippen LogP contribution in [0.15, 0.2) is 18.2 Å². The smallest absolute Gasteiger partial charge is 0.303 e. The second-order valence-electron chi connectivity index (χ2n) is 6.77. The summed E-state index contributed by atoms with van der Waals surface area (Å²) in [4.78, 5) is 22.5. The fourth-order valence-electron chi connectivity index (χ4n) is 3.43. The third-order valence-electron chi connectivity index (χ3n) is 4.87. The molecule has 1 aliphatic rings. The minimum Gasteiger partial charge on any atom is -0.481 e. The van der Waals surface area contributed by atoms with Crippen molar-refractivity contribution in [1.82, 2.24) is 0 Å². The van der Waals surface area contributed by atoms with Gasteiger partial charge in [-0.05, 0) is 31.2 Å². The number of carbonyl (C=O) groups is 2. The number of carbonyl (C=O) groups excluding carboxylic acids is 1. The predicted molar refractivity (Wildman–Crippen MR) is 91.9 cm³/mol. The molecule has 2 atom stereocenters. The van der Waals surface area contributed by atoms with E-state index >= 15 is 0 Å². The molecule has 0 spiro atoms. The molecule has 0 aliphatic heterocycles. The van der Waals surface area contributed by atoms with Crippen LogP contribution in [0.1, 0.15) is 56.9 Å². The zero-order valence-corrected chi connectivity index (χ0v) is 14.5. The molecule has 3 nitrogen and oxygen atoms in total. The number of halogens is 3. The van der Waals surface area contributed by atoms with Crippen molar-refractivity contribution in [1.29, 1.82) is 0 Å². The highest BCUT2D eigenvalue weighted by atomic mass is 19.2. The van der Waals surface area contributed by atoms with Gasteiger partial charge in [0.25, 0.3) is 0 Å². The van der Waals surface area contributed by atoms with E-state index in [0.717, 1.165) is 25.3 Å². The lowest BCUT2D eigenvalue weighted by Gasteiger charge is -2.15. The Hall–Kier alpha value is -2.11. The standard InChI is InChI=1S/C20H23F3O3/c21-16-12-18(23)17(22)11-14(16)8-7-13-9-10-19(24)15(13)5-3-1-2-4-6-20(25)26/h7-8,11-13,15H,1-6,9-10H2,(H,25,26)/b8-7+. The van der Waals surface area contributed by atoms with E-state index in [0.29, 0.717) is 31.7 Å². The average Bonchev–Trinajstić information content (AvgIpc) is 2.93. The Bertz CT molecular complexity index is 685. The Labute approximate surface area is 150 Å². The number of benzene rings is 1. The molecule has 0 radical (unpaired) electrons. The van der Waals surface area contributed by atoms with Gasteiger partial charge in [-0.15, -0.1) is 0 Å². The number of hydrogen-bond donors (Lipinski definition) is 1. The van der Waals surface area contributed by atoms with Crippen LogP contribution in [0.3, 0.4) is 0 Å². The number of carboxylic acid groups (broad SMARTS) is 1. The van der Waals surface area contributed by atoms with Crippen molar-refractivity contribution >= 4 is 17.8 Å². The quantitative estimate of drug-likeness (QED) is 0.485. The summed E-state index contributed by atoms with van der Waals surface area (Å²) in [6, 6.07) is 1.33. The van der Waals surface area contributed by atoms with E-state index in [2.05, 4.69) is 0 Å². The molecule has 1 aromatic rings. The van der Waals surface area contributed by atoms with Gasteiger partial charge in [-0.1, -0.05) is 31.4 Å². The van der Waals surface area contributed by atoms with E-state index < -0.39 is 23.4 Å². The van der Waals surface area contributed by atoms with E-state index in [-0.39, 0.29) is 29.6 Å². The molecule has 26 heavy (non-hydrogen) atoms. The molecule has 0 heterocycles. The van der Waals surface area contributed by atoms with Crippen LogP contribution in [0.4, 0.5) is 13.2 Å². The molecule has 1 aromatic carbocycles. The van der Waals surface area contributed by atoms with Crippen LogP contribution < -0.4 is 0 Å². The lowest BCUT2D eigenvalue weighted by Crippen LogP contribution is -2.13. The number of aliphatic carboxylic acids is 1. The largest absolute Gasteiger partial charge is 0.481 e. The minimum absolute atomic E-state index is 0.0318. The van der Waals surface area contributed by atoms with E-state index in [4.69, 9.17) is 5.11 Å². The van der Waals surface area contributed by atoms with Crippen LogP contribution in [0.5, 0.6) is 0 Å². The highest BCUT2D eigenvalue weighted by Crippen LogP contribution is 2.34. The number of carboxylic acids is 1. The van der Waals surface area contributed by atoms with E-state index in [9.17, 15) is 22.8 Å². The molecule has 6 heteroatoms. The maximum Gasteiger partial charge on any atom is 0.303 e. The fourth-order valence-corrected chi connectivity index (χ4v) is 3.43. The van der Waals surface area contributed by atoms with Gasteiger partial charge in [0.1, 0.15) is 11.6 Å². The normalized spacial score (nSPS) is 20.2. The maximum absolute atomic E-state index is 13.7. The highest BCUT2D eigenvalue weighted by Gasteiger charge is 2.32. The van der Waals surface area contributed by atoms with Gasteiger partial charge in [0, 0.05) is 30.4 Å². The molecular formula is C20H23F3O3. The summed E-state index contributed by atoms with van der Waals surface area (Å²) >= 11 is 0. The molecule has 0 aromatic heterocycles. The van der Waals surface area contributed by atoms with Crippen LogP contribution in [-0.2, 0) is 9.59 Å². The van der Waals surface area contributed by atoms with Gasteiger partial charge in [0.2, 0.25) is 0 Å². The molecule has 2 rings (SSSR count). The number of unbranched alkanes of at least 4 members (excludes halogenated alkanes) is 3. The first-order valence-corrected chi connectivity index (χ1v) is 8.95. The van der Waals surface area contributed by atoms with Crippen molar-refractivity contribution in [3.8, 4) is 0 Å². The number of rotatable bonds is 9. The van der Waals surface area contributed by atoms with E-state index in [1.807, 2.05) is 0 Å². The predicted octanol–water partition coefficient (Wildman–Crippen LogP) is 5.14. The Morgan fingerprint density at radius 2 is 1.77 bits per heavy atom. The highest BCUT2D eigenvalue weighted by molar-refractivity contribution is 5.84. The number of hydrogen-bond acceptors (Lipinski definition) is 2. The summed E-state index contributed by atoms with van der Waals surface area (Å²) in [5.41, 5.74) is -0.0318. The zero-order valence-electron chi connectivity index (χ0n) is 14.5. The van der Waals surface area contributed by atoms with Crippen molar-refractivity contribution in [3.05, 3.63) is 41.2 Å². The second kappa shape index (κ2) is 9.55. The first-order valence-electron chi connectivity index (χ1n) is 8.95. The zero-order chi connectivity index (χ0) is 19.1. The van der Waals surface area contributed by atoms with Crippen LogP contribution in [0.25, 0.3) is 6.08 Å². The van der Waals surface area contributed by atoms with Crippen molar-refractivity contribution < 1.29 is 27.9 Å². The molecule has 1 saturated carbocycles. The Morgan fingerprint density at radius 1 is 1.08 bits per heavy atom.